The lowest BCUT2D eigenvalue weighted by Gasteiger charge is -2.26. The molecule has 0 amide bonds. The van der Waals surface area contributed by atoms with E-state index in [1.165, 1.54) is 38.5 Å². The van der Waals surface area contributed by atoms with Crippen LogP contribution in [0.3, 0.4) is 0 Å². The lowest BCUT2D eigenvalue weighted by molar-refractivity contribution is 0.0184. The van der Waals surface area contributed by atoms with E-state index in [2.05, 4.69) is 26.0 Å². The Balaban J connectivity index is 1.38. The summed E-state index contributed by atoms with van der Waals surface area (Å²) < 4.78 is 17.0. The molecule has 1 aliphatic rings. The van der Waals surface area contributed by atoms with Gasteiger partial charge in [0.2, 0.25) is 0 Å². The molecule has 2 aromatic carbocycles. The van der Waals surface area contributed by atoms with E-state index < -0.39 is 5.97 Å². The molecule has 0 N–H and O–H groups in total. The number of hydrogen-bond donors (Lipinski definition) is 0. The van der Waals surface area contributed by atoms with Gasteiger partial charge >= 0.3 is 11.9 Å². The molecule has 0 aromatic heterocycles. The third-order valence-electron chi connectivity index (χ3n) is 7.01. The number of carbonyl (C=O) groups excluding carboxylic acids is 2. The maximum Gasteiger partial charge on any atom is 0.343 e. The monoisotopic (exact) mass is 520 g/mol. The van der Waals surface area contributed by atoms with Crippen molar-refractivity contribution in [1.82, 2.24) is 0 Å². The van der Waals surface area contributed by atoms with E-state index in [9.17, 15) is 9.59 Å². The van der Waals surface area contributed by atoms with Crippen molar-refractivity contribution < 1.29 is 23.8 Å². The van der Waals surface area contributed by atoms with Gasteiger partial charge < -0.3 is 14.2 Å². The van der Waals surface area contributed by atoms with Gasteiger partial charge in [0, 0.05) is 0 Å². The van der Waals surface area contributed by atoms with E-state index in [4.69, 9.17) is 14.2 Å². The quantitative estimate of drug-likeness (QED) is 0.102. The number of unbranched alkanes of at least 4 members (excludes halogenated alkanes) is 6. The zero-order chi connectivity index (χ0) is 27.0. The standard InChI is InChI=1S/C33H44O5/c1-3-5-7-8-9-11-25-36-29-21-15-27(16-22-29)32(34)38-31-23-17-28(18-24-31)33(35)37-30-19-13-26(14-20-30)12-10-6-4-2/h10,12,15-18,21-24,26,30H,3-9,11,13-14,19-20,25H2,1-2H3. The van der Waals surface area contributed by atoms with Gasteiger partial charge in [0.15, 0.2) is 0 Å². The van der Waals surface area contributed by atoms with Crippen molar-refractivity contribution in [3.05, 3.63) is 71.8 Å². The summed E-state index contributed by atoms with van der Waals surface area (Å²) in [6.45, 7) is 5.09. The summed E-state index contributed by atoms with van der Waals surface area (Å²) >= 11 is 0. The summed E-state index contributed by atoms with van der Waals surface area (Å²) in [6, 6.07) is 13.5. The van der Waals surface area contributed by atoms with Gasteiger partial charge in [-0.2, -0.15) is 0 Å². The first kappa shape index (κ1) is 29.5. The number of benzene rings is 2. The molecule has 0 radical (unpaired) electrons. The number of ether oxygens (including phenoxy) is 3. The Kier molecular flexibility index (Phi) is 13.0. The largest absolute Gasteiger partial charge is 0.494 e. The molecular formula is C33H44O5. The zero-order valence-corrected chi connectivity index (χ0v) is 23.2. The number of carbonyl (C=O) groups is 2. The Morgan fingerprint density at radius 1 is 0.737 bits per heavy atom. The van der Waals surface area contributed by atoms with E-state index in [0.717, 1.165) is 44.3 Å². The molecule has 1 fully saturated rings. The van der Waals surface area contributed by atoms with E-state index >= 15 is 0 Å². The minimum Gasteiger partial charge on any atom is -0.494 e. The van der Waals surface area contributed by atoms with E-state index in [-0.39, 0.29) is 12.1 Å². The fourth-order valence-electron chi connectivity index (χ4n) is 4.66. The number of hydrogen-bond acceptors (Lipinski definition) is 5. The van der Waals surface area contributed by atoms with Crippen molar-refractivity contribution in [3.8, 4) is 11.5 Å². The summed E-state index contributed by atoms with van der Waals surface area (Å²) in [4.78, 5) is 25.1. The topological polar surface area (TPSA) is 61.8 Å². The molecule has 38 heavy (non-hydrogen) atoms. The maximum atomic E-state index is 12.6. The van der Waals surface area contributed by atoms with Crippen molar-refractivity contribution >= 4 is 11.9 Å². The Morgan fingerprint density at radius 2 is 1.34 bits per heavy atom. The minimum atomic E-state index is -0.451. The Bertz CT molecular complexity index is 985. The molecule has 0 saturated heterocycles. The number of rotatable bonds is 15. The van der Waals surface area contributed by atoms with Crippen molar-refractivity contribution in [2.24, 2.45) is 5.92 Å². The van der Waals surface area contributed by atoms with Gasteiger partial charge in [-0.15, -0.1) is 0 Å². The Labute approximate surface area is 228 Å². The second kappa shape index (κ2) is 16.7. The van der Waals surface area contributed by atoms with Crippen LogP contribution in [-0.4, -0.2) is 24.6 Å². The normalized spacial score (nSPS) is 17.3. The second-order valence-corrected chi connectivity index (χ2v) is 10.2. The lowest BCUT2D eigenvalue weighted by Crippen LogP contribution is -2.24. The van der Waals surface area contributed by atoms with Crippen molar-refractivity contribution in [1.29, 1.82) is 0 Å². The van der Waals surface area contributed by atoms with Gasteiger partial charge in [-0.1, -0.05) is 64.5 Å². The molecule has 0 bridgehead atoms. The van der Waals surface area contributed by atoms with Gasteiger partial charge in [-0.25, -0.2) is 9.59 Å². The van der Waals surface area contributed by atoms with Crippen LogP contribution in [0.5, 0.6) is 11.5 Å². The van der Waals surface area contributed by atoms with Gasteiger partial charge in [0.1, 0.15) is 17.6 Å². The fraction of sp³-hybridized carbons (Fsp3) is 0.515. The van der Waals surface area contributed by atoms with Gasteiger partial charge in [0.05, 0.1) is 17.7 Å². The molecule has 0 aliphatic heterocycles. The predicted octanol–water partition coefficient (Wildman–Crippen LogP) is 8.72. The molecule has 3 rings (SSSR count). The molecule has 206 valence electrons. The highest BCUT2D eigenvalue weighted by Crippen LogP contribution is 2.28. The lowest BCUT2D eigenvalue weighted by atomic mass is 9.87. The molecule has 0 unspecified atom stereocenters. The van der Waals surface area contributed by atoms with Crippen molar-refractivity contribution in [2.45, 2.75) is 97.0 Å². The van der Waals surface area contributed by atoms with Crippen LogP contribution in [-0.2, 0) is 4.74 Å². The molecule has 2 aromatic rings. The van der Waals surface area contributed by atoms with E-state index in [1.807, 2.05) is 0 Å². The number of allylic oxidation sites excluding steroid dienone is 2. The fourth-order valence-corrected chi connectivity index (χ4v) is 4.66. The minimum absolute atomic E-state index is 0.0337. The second-order valence-electron chi connectivity index (χ2n) is 10.2. The first-order valence-corrected chi connectivity index (χ1v) is 14.5. The molecular weight excluding hydrogens is 476 g/mol. The summed E-state index contributed by atoms with van der Waals surface area (Å²) in [7, 11) is 0. The summed E-state index contributed by atoms with van der Waals surface area (Å²) in [6.07, 6.45) is 18.1. The Hall–Kier alpha value is -3.08. The summed E-state index contributed by atoms with van der Waals surface area (Å²) in [5.74, 6) is 0.949. The van der Waals surface area contributed by atoms with Crippen molar-refractivity contribution in [3.63, 3.8) is 0 Å². The predicted molar refractivity (Wildman–Crippen MR) is 152 cm³/mol. The molecule has 5 heteroatoms. The first-order chi connectivity index (χ1) is 18.6. The third-order valence-corrected chi connectivity index (χ3v) is 7.01. The SMILES string of the molecule is CCCC=CC1CCC(OC(=O)c2ccc(OC(=O)c3ccc(OCCCCCCCC)cc3)cc2)CC1. The van der Waals surface area contributed by atoms with Crippen LogP contribution in [0.1, 0.15) is 112 Å². The van der Waals surface area contributed by atoms with Gasteiger partial charge in [0.25, 0.3) is 0 Å². The smallest absolute Gasteiger partial charge is 0.343 e. The Morgan fingerprint density at radius 3 is 2.00 bits per heavy atom. The van der Waals surface area contributed by atoms with Crippen LogP contribution in [0.4, 0.5) is 0 Å². The molecule has 0 atom stereocenters. The number of esters is 2. The van der Waals surface area contributed by atoms with E-state index in [1.54, 1.807) is 48.5 Å². The highest BCUT2D eigenvalue weighted by molar-refractivity contribution is 5.92. The molecule has 1 saturated carbocycles. The molecule has 5 nitrogen and oxygen atoms in total. The highest BCUT2D eigenvalue weighted by Gasteiger charge is 2.23. The average Bonchev–Trinajstić information content (AvgIpc) is 2.94. The first-order valence-electron chi connectivity index (χ1n) is 14.5. The van der Waals surface area contributed by atoms with Crippen LogP contribution in [0.2, 0.25) is 0 Å². The maximum absolute atomic E-state index is 12.6. The molecule has 1 aliphatic carbocycles. The van der Waals surface area contributed by atoms with Crippen LogP contribution in [0, 0.1) is 5.92 Å². The van der Waals surface area contributed by atoms with Crippen molar-refractivity contribution in [2.75, 3.05) is 6.61 Å². The van der Waals surface area contributed by atoms with E-state index in [0.29, 0.717) is 29.4 Å². The van der Waals surface area contributed by atoms with Crippen LogP contribution in [0.15, 0.2) is 60.7 Å². The molecule has 0 spiro atoms. The van der Waals surface area contributed by atoms with Gasteiger partial charge in [-0.05, 0) is 93.0 Å². The summed E-state index contributed by atoms with van der Waals surface area (Å²) in [5.41, 5.74) is 0.905. The average molecular weight is 521 g/mol. The van der Waals surface area contributed by atoms with Gasteiger partial charge in [-0.3, -0.25) is 0 Å². The van der Waals surface area contributed by atoms with Crippen LogP contribution >= 0.6 is 0 Å². The van der Waals surface area contributed by atoms with Crippen LogP contribution < -0.4 is 9.47 Å². The molecule has 0 heterocycles. The zero-order valence-electron chi connectivity index (χ0n) is 23.2. The highest BCUT2D eigenvalue weighted by atomic mass is 16.5. The summed E-state index contributed by atoms with van der Waals surface area (Å²) in [5, 5.41) is 0. The van der Waals surface area contributed by atoms with Crippen LogP contribution in [0.25, 0.3) is 0 Å². The third kappa shape index (κ3) is 10.4.